The third-order valence-corrected chi connectivity index (χ3v) is 3.73. The largest absolute Gasteiger partial charge is 0.445 e. The fourth-order valence-electron chi connectivity index (χ4n) is 2.49. The van der Waals surface area contributed by atoms with E-state index in [0.717, 1.165) is 18.4 Å². The van der Waals surface area contributed by atoms with E-state index in [1.807, 2.05) is 30.3 Å². The minimum absolute atomic E-state index is 0.0432. The van der Waals surface area contributed by atoms with Gasteiger partial charge < -0.3 is 25.2 Å². The second-order valence-electron chi connectivity index (χ2n) is 5.57. The van der Waals surface area contributed by atoms with Gasteiger partial charge in [0.05, 0.1) is 19.3 Å². The second kappa shape index (κ2) is 8.73. The Morgan fingerprint density at radius 3 is 2.68 bits per heavy atom. The lowest BCUT2D eigenvalue weighted by atomic mass is 9.86. The minimum Gasteiger partial charge on any atom is -0.445 e. The Bertz CT molecular complexity index is 449. The van der Waals surface area contributed by atoms with E-state index in [4.69, 9.17) is 9.47 Å². The van der Waals surface area contributed by atoms with Gasteiger partial charge in [0.25, 0.3) is 0 Å². The number of nitrogens with one attached hydrogen (secondary N) is 2. The van der Waals surface area contributed by atoms with Gasteiger partial charge in [-0.1, -0.05) is 30.3 Å². The normalized spacial score (nSPS) is 21.7. The molecular weight excluding hydrogens is 284 g/mol. The van der Waals surface area contributed by atoms with Crippen LogP contribution in [0.4, 0.5) is 4.79 Å². The van der Waals surface area contributed by atoms with Crippen molar-refractivity contribution in [2.75, 3.05) is 20.3 Å². The van der Waals surface area contributed by atoms with Gasteiger partial charge >= 0.3 is 6.09 Å². The average molecular weight is 308 g/mol. The maximum atomic E-state index is 11.7. The number of ether oxygens (including phenoxy) is 2. The lowest BCUT2D eigenvalue weighted by molar-refractivity contribution is 0.0998. The van der Waals surface area contributed by atoms with Gasteiger partial charge in [-0.15, -0.1) is 0 Å². The summed E-state index contributed by atoms with van der Waals surface area (Å²) in [6.07, 6.45) is 1.28. The molecule has 0 saturated heterocycles. The summed E-state index contributed by atoms with van der Waals surface area (Å²) in [4.78, 5) is 11.7. The number of benzene rings is 1. The van der Waals surface area contributed by atoms with E-state index in [-0.39, 0.29) is 31.4 Å². The van der Waals surface area contributed by atoms with Gasteiger partial charge in [-0.2, -0.15) is 0 Å². The molecule has 1 unspecified atom stereocenters. The number of alkyl carbamates (subject to hydrolysis) is 1. The third-order valence-electron chi connectivity index (χ3n) is 3.73. The first-order valence-electron chi connectivity index (χ1n) is 7.54. The van der Waals surface area contributed by atoms with Crippen LogP contribution < -0.4 is 10.6 Å². The molecule has 2 rings (SSSR count). The van der Waals surface area contributed by atoms with Crippen molar-refractivity contribution in [1.29, 1.82) is 0 Å². The van der Waals surface area contributed by atoms with E-state index in [1.54, 1.807) is 7.11 Å². The van der Waals surface area contributed by atoms with Crippen LogP contribution in [0.15, 0.2) is 30.3 Å². The number of aliphatic hydroxyl groups excluding tert-OH is 1. The smallest absolute Gasteiger partial charge is 0.407 e. The lowest BCUT2D eigenvalue weighted by Gasteiger charge is -2.38. The zero-order chi connectivity index (χ0) is 15.8. The molecule has 0 heterocycles. The number of rotatable bonds is 8. The molecule has 6 heteroatoms. The second-order valence-corrected chi connectivity index (χ2v) is 5.57. The number of aliphatic hydroxyl groups is 1. The van der Waals surface area contributed by atoms with Crippen molar-refractivity contribution in [3.8, 4) is 0 Å². The SMILES string of the molecule is COCC(CO)NC1CC(NC(=O)OCc2ccccc2)C1. The number of hydrogen-bond acceptors (Lipinski definition) is 5. The van der Waals surface area contributed by atoms with Crippen molar-refractivity contribution in [2.24, 2.45) is 0 Å². The van der Waals surface area contributed by atoms with Crippen molar-refractivity contribution in [1.82, 2.24) is 10.6 Å². The number of carbonyl (C=O) groups is 1. The molecule has 0 radical (unpaired) electrons. The van der Waals surface area contributed by atoms with Crippen LogP contribution in [0.3, 0.4) is 0 Å². The molecule has 1 aromatic rings. The van der Waals surface area contributed by atoms with Gasteiger partial charge in [0.2, 0.25) is 0 Å². The zero-order valence-corrected chi connectivity index (χ0v) is 12.8. The van der Waals surface area contributed by atoms with Crippen LogP contribution in [-0.4, -0.2) is 49.6 Å². The Labute approximate surface area is 130 Å². The topological polar surface area (TPSA) is 79.8 Å². The van der Waals surface area contributed by atoms with E-state index in [0.29, 0.717) is 12.6 Å². The van der Waals surface area contributed by atoms with E-state index in [2.05, 4.69) is 10.6 Å². The molecule has 122 valence electrons. The van der Waals surface area contributed by atoms with E-state index in [9.17, 15) is 9.90 Å². The molecule has 1 amide bonds. The quantitative estimate of drug-likeness (QED) is 0.669. The summed E-state index contributed by atoms with van der Waals surface area (Å²) in [7, 11) is 1.61. The molecule has 22 heavy (non-hydrogen) atoms. The van der Waals surface area contributed by atoms with Gasteiger partial charge in [0.15, 0.2) is 0 Å². The summed E-state index contributed by atoms with van der Waals surface area (Å²) in [6.45, 7) is 0.799. The van der Waals surface area contributed by atoms with Crippen molar-refractivity contribution in [3.05, 3.63) is 35.9 Å². The fraction of sp³-hybridized carbons (Fsp3) is 0.562. The minimum atomic E-state index is -0.386. The zero-order valence-electron chi connectivity index (χ0n) is 12.8. The van der Waals surface area contributed by atoms with E-state index >= 15 is 0 Å². The monoisotopic (exact) mass is 308 g/mol. The molecule has 1 aliphatic carbocycles. The molecule has 6 nitrogen and oxygen atoms in total. The Morgan fingerprint density at radius 1 is 1.32 bits per heavy atom. The van der Waals surface area contributed by atoms with Gasteiger partial charge in [0.1, 0.15) is 6.61 Å². The van der Waals surface area contributed by atoms with Gasteiger partial charge in [0, 0.05) is 19.2 Å². The molecule has 0 bridgehead atoms. The summed E-state index contributed by atoms with van der Waals surface area (Å²) in [5.41, 5.74) is 0.969. The van der Waals surface area contributed by atoms with E-state index in [1.165, 1.54) is 0 Å². The average Bonchev–Trinajstić information content (AvgIpc) is 2.51. The number of methoxy groups -OCH3 is 1. The van der Waals surface area contributed by atoms with Crippen molar-refractivity contribution in [2.45, 2.75) is 37.6 Å². The lowest BCUT2D eigenvalue weighted by Crippen LogP contribution is -2.56. The third kappa shape index (κ3) is 5.29. The first-order chi connectivity index (χ1) is 10.7. The highest BCUT2D eigenvalue weighted by Crippen LogP contribution is 2.20. The van der Waals surface area contributed by atoms with Crippen LogP contribution in [0.25, 0.3) is 0 Å². The highest BCUT2D eigenvalue weighted by Gasteiger charge is 2.31. The Morgan fingerprint density at radius 2 is 2.05 bits per heavy atom. The van der Waals surface area contributed by atoms with Crippen LogP contribution in [0.2, 0.25) is 0 Å². The van der Waals surface area contributed by atoms with Crippen LogP contribution in [0.1, 0.15) is 18.4 Å². The van der Waals surface area contributed by atoms with Gasteiger partial charge in [-0.25, -0.2) is 4.79 Å². The molecule has 1 aromatic carbocycles. The van der Waals surface area contributed by atoms with Crippen LogP contribution in [-0.2, 0) is 16.1 Å². The maximum absolute atomic E-state index is 11.7. The van der Waals surface area contributed by atoms with Crippen LogP contribution in [0, 0.1) is 0 Å². The highest BCUT2D eigenvalue weighted by atomic mass is 16.5. The van der Waals surface area contributed by atoms with Crippen LogP contribution >= 0.6 is 0 Å². The predicted octanol–water partition coefficient (Wildman–Crippen LogP) is 1.04. The van der Waals surface area contributed by atoms with Crippen LogP contribution in [0.5, 0.6) is 0 Å². The number of amides is 1. The van der Waals surface area contributed by atoms with Crippen molar-refractivity contribution >= 4 is 6.09 Å². The number of carbonyl (C=O) groups excluding carboxylic acids is 1. The molecule has 0 spiro atoms. The molecular formula is C16H24N2O4. The summed E-state index contributed by atoms with van der Waals surface area (Å²) in [5, 5.41) is 15.3. The van der Waals surface area contributed by atoms with E-state index < -0.39 is 0 Å². The molecule has 3 N–H and O–H groups in total. The first kappa shape index (κ1) is 16.7. The Kier molecular flexibility index (Phi) is 6.64. The highest BCUT2D eigenvalue weighted by molar-refractivity contribution is 5.67. The molecule has 1 saturated carbocycles. The molecule has 0 aromatic heterocycles. The van der Waals surface area contributed by atoms with Gasteiger partial charge in [-0.05, 0) is 18.4 Å². The summed E-state index contributed by atoms with van der Waals surface area (Å²) in [6, 6.07) is 9.96. The molecule has 1 aliphatic rings. The predicted molar refractivity (Wildman–Crippen MR) is 82.5 cm³/mol. The molecule has 0 aliphatic heterocycles. The summed E-state index contributed by atoms with van der Waals surface area (Å²) < 4.78 is 10.2. The number of hydrogen-bond donors (Lipinski definition) is 3. The summed E-state index contributed by atoms with van der Waals surface area (Å²) >= 11 is 0. The standard InChI is InChI=1S/C16H24N2O4/c1-21-11-15(9-19)17-13-7-14(8-13)18-16(20)22-10-12-5-3-2-4-6-12/h2-6,13-15,17,19H,7-11H2,1H3,(H,18,20). The first-order valence-corrected chi connectivity index (χ1v) is 7.54. The Balaban J connectivity index is 1.60. The van der Waals surface area contributed by atoms with Crippen molar-refractivity contribution in [3.63, 3.8) is 0 Å². The maximum Gasteiger partial charge on any atom is 0.407 e. The van der Waals surface area contributed by atoms with Gasteiger partial charge in [-0.3, -0.25) is 0 Å². The Hall–Kier alpha value is -1.63. The fourth-order valence-corrected chi connectivity index (χ4v) is 2.49. The summed E-state index contributed by atoms with van der Waals surface area (Å²) in [5.74, 6) is 0. The van der Waals surface area contributed by atoms with Crippen molar-refractivity contribution < 1.29 is 19.4 Å². The molecule has 1 fully saturated rings. The molecule has 1 atom stereocenters.